The van der Waals surface area contributed by atoms with Gasteiger partial charge in [0.25, 0.3) is 0 Å². The van der Waals surface area contributed by atoms with E-state index in [1.54, 1.807) is 6.07 Å². The molecule has 0 radical (unpaired) electrons. The SMILES string of the molecule is COC(=O)c1cc(C#N)c(OC(F)F)cc1N. The first-order chi connectivity index (χ1) is 7.99. The zero-order chi connectivity index (χ0) is 13.0. The Balaban J connectivity index is 3.25. The van der Waals surface area contributed by atoms with Crippen molar-refractivity contribution in [3.8, 4) is 11.8 Å². The van der Waals surface area contributed by atoms with E-state index in [1.165, 1.54) is 0 Å². The number of carbonyl (C=O) groups is 1. The summed E-state index contributed by atoms with van der Waals surface area (Å²) in [4.78, 5) is 11.2. The first-order valence-corrected chi connectivity index (χ1v) is 4.36. The summed E-state index contributed by atoms with van der Waals surface area (Å²) < 4.78 is 32.6. The molecule has 0 unspecified atom stereocenters. The van der Waals surface area contributed by atoms with Crippen molar-refractivity contribution in [2.24, 2.45) is 0 Å². The maximum atomic E-state index is 12.0. The Hall–Kier alpha value is -2.36. The largest absolute Gasteiger partial charge is 0.465 e. The van der Waals surface area contributed by atoms with Gasteiger partial charge in [0.05, 0.1) is 18.2 Å². The van der Waals surface area contributed by atoms with E-state index in [4.69, 9.17) is 11.0 Å². The molecule has 0 aliphatic heterocycles. The lowest BCUT2D eigenvalue weighted by Crippen LogP contribution is -2.09. The molecule has 0 bridgehead atoms. The lowest BCUT2D eigenvalue weighted by atomic mass is 10.1. The second kappa shape index (κ2) is 5.12. The van der Waals surface area contributed by atoms with Crippen molar-refractivity contribution < 1.29 is 23.0 Å². The molecular formula is C10H8F2N2O3. The molecule has 90 valence electrons. The maximum absolute atomic E-state index is 12.0. The molecule has 0 saturated heterocycles. The number of hydrogen-bond donors (Lipinski definition) is 1. The standard InChI is InChI=1S/C10H8F2N2O3/c1-16-9(15)6-2-5(4-13)8(3-7(6)14)17-10(11)12/h2-3,10H,14H2,1H3. The summed E-state index contributed by atoms with van der Waals surface area (Å²) in [6, 6.07) is 3.65. The van der Waals surface area contributed by atoms with Crippen LogP contribution in [0.5, 0.6) is 5.75 Å². The van der Waals surface area contributed by atoms with E-state index in [1.807, 2.05) is 0 Å². The van der Waals surface area contributed by atoms with Gasteiger partial charge in [0, 0.05) is 11.8 Å². The zero-order valence-corrected chi connectivity index (χ0v) is 8.74. The molecule has 0 fully saturated rings. The van der Waals surface area contributed by atoms with Crippen LogP contribution < -0.4 is 10.5 Å². The van der Waals surface area contributed by atoms with Crippen molar-refractivity contribution in [1.29, 1.82) is 5.26 Å². The number of nitrogens with zero attached hydrogens (tertiary/aromatic N) is 1. The third-order valence-corrected chi connectivity index (χ3v) is 1.89. The van der Waals surface area contributed by atoms with Crippen molar-refractivity contribution in [3.05, 3.63) is 23.3 Å². The minimum atomic E-state index is -3.08. The Bertz CT molecular complexity index is 483. The van der Waals surface area contributed by atoms with Gasteiger partial charge in [-0.25, -0.2) is 4.79 Å². The number of anilines is 1. The number of nitriles is 1. The quantitative estimate of drug-likeness (QED) is 0.641. The Kier molecular flexibility index (Phi) is 3.82. The molecule has 7 heteroatoms. The number of rotatable bonds is 3. The molecule has 0 heterocycles. The number of carbonyl (C=O) groups excluding carboxylic acids is 1. The fourth-order valence-corrected chi connectivity index (χ4v) is 1.16. The molecule has 0 atom stereocenters. The third kappa shape index (κ3) is 2.81. The zero-order valence-electron chi connectivity index (χ0n) is 8.74. The first-order valence-electron chi connectivity index (χ1n) is 4.36. The maximum Gasteiger partial charge on any atom is 0.387 e. The van der Waals surface area contributed by atoms with Crippen LogP contribution in [0.1, 0.15) is 15.9 Å². The van der Waals surface area contributed by atoms with Gasteiger partial charge in [0.2, 0.25) is 0 Å². The number of nitrogens with two attached hydrogens (primary N) is 1. The topological polar surface area (TPSA) is 85.3 Å². The smallest absolute Gasteiger partial charge is 0.387 e. The summed E-state index contributed by atoms with van der Waals surface area (Å²) in [5, 5.41) is 8.73. The first kappa shape index (κ1) is 12.7. The number of ether oxygens (including phenoxy) is 2. The van der Waals surface area contributed by atoms with Crippen LogP contribution >= 0.6 is 0 Å². The molecule has 1 aromatic carbocycles. The van der Waals surface area contributed by atoms with Gasteiger partial charge in [-0.1, -0.05) is 0 Å². The number of alkyl halides is 2. The van der Waals surface area contributed by atoms with Crippen LogP contribution in [0, 0.1) is 11.3 Å². The van der Waals surface area contributed by atoms with Gasteiger partial charge in [-0.2, -0.15) is 14.0 Å². The minimum absolute atomic E-state index is 0.0781. The Morgan fingerprint density at radius 1 is 1.53 bits per heavy atom. The molecule has 2 N–H and O–H groups in total. The van der Waals surface area contributed by atoms with Gasteiger partial charge >= 0.3 is 12.6 Å². The van der Waals surface area contributed by atoms with E-state index in [0.29, 0.717) is 0 Å². The molecular weight excluding hydrogens is 234 g/mol. The van der Waals surface area contributed by atoms with E-state index in [0.717, 1.165) is 19.2 Å². The molecule has 0 aliphatic rings. The second-order valence-electron chi connectivity index (χ2n) is 2.92. The number of benzene rings is 1. The van der Waals surface area contributed by atoms with Gasteiger partial charge in [0.1, 0.15) is 11.8 Å². The average Bonchev–Trinajstić information content (AvgIpc) is 2.27. The molecule has 0 amide bonds. The summed E-state index contributed by atoms with van der Waals surface area (Å²) >= 11 is 0. The van der Waals surface area contributed by atoms with Crippen LogP contribution in [0.15, 0.2) is 12.1 Å². The molecule has 1 rings (SSSR count). The molecule has 17 heavy (non-hydrogen) atoms. The summed E-state index contributed by atoms with van der Waals surface area (Å²) in [6.07, 6.45) is 0. The molecule has 0 spiro atoms. The van der Waals surface area contributed by atoms with Crippen molar-refractivity contribution in [3.63, 3.8) is 0 Å². The van der Waals surface area contributed by atoms with Crippen LogP contribution in [-0.2, 0) is 4.74 Å². The molecule has 1 aromatic rings. The minimum Gasteiger partial charge on any atom is -0.465 e. The van der Waals surface area contributed by atoms with Crippen LogP contribution in [0.3, 0.4) is 0 Å². The number of hydrogen-bond acceptors (Lipinski definition) is 5. The fourth-order valence-electron chi connectivity index (χ4n) is 1.16. The Morgan fingerprint density at radius 2 is 2.18 bits per heavy atom. The summed E-state index contributed by atoms with van der Waals surface area (Å²) in [7, 11) is 1.14. The highest BCUT2D eigenvalue weighted by molar-refractivity contribution is 5.96. The van der Waals surface area contributed by atoms with Gasteiger partial charge in [-0.3, -0.25) is 0 Å². The number of esters is 1. The fraction of sp³-hybridized carbons (Fsp3) is 0.200. The van der Waals surface area contributed by atoms with Gasteiger partial charge in [-0.05, 0) is 6.07 Å². The summed E-state index contributed by atoms with van der Waals surface area (Å²) in [6.45, 7) is -3.08. The van der Waals surface area contributed by atoms with Crippen molar-refractivity contribution in [2.75, 3.05) is 12.8 Å². The van der Waals surface area contributed by atoms with Crippen molar-refractivity contribution >= 4 is 11.7 Å². The molecule has 0 saturated carbocycles. The van der Waals surface area contributed by atoms with Crippen LogP contribution in [0.2, 0.25) is 0 Å². The van der Waals surface area contributed by atoms with E-state index >= 15 is 0 Å². The monoisotopic (exact) mass is 242 g/mol. The Morgan fingerprint density at radius 3 is 2.65 bits per heavy atom. The predicted octanol–water partition coefficient (Wildman–Crippen LogP) is 1.53. The molecule has 0 aromatic heterocycles. The lowest BCUT2D eigenvalue weighted by molar-refractivity contribution is -0.0499. The van der Waals surface area contributed by atoms with E-state index in [-0.39, 0.29) is 22.6 Å². The number of halogens is 2. The van der Waals surface area contributed by atoms with E-state index in [2.05, 4.69) is 9.47 Å². The third-order valence-electron chi connectivity index (χ3n) is 1.89. The van der Waals surface area contributed by atoms with Gasteiger partial charge in [0.15, 0.2) is 0 Å². The van der Waals surface area contributed by atoms with E-state index < -0.39 is 12.6 Å². The summed E-state index contributed by atoms with van der Waals surface area (Å²) in [5.74, 6) is -1.14. The van der Waals surface area contributed by atoms with Crippen molar-refractivity contribution in [2.45, 2.75) is 6.61 Å². The molecule has 5 nitrogen and oxygen atoms in total. The highest BCUT2D eigenvalue weighted by atomic mass is 19.3. The van der Waals surface area contributed by atoms with Gasteiger partial charge < -0.3 is 15.2 Å². The highest BCUT2D eigenvalue weighted by Crippen LogP contribution is 2.26. The van der Waals surface area contributed by atoms with Crippen molar-refractivity contribution in [1.82, 2.24) is 0 Å². The highest BCUT2D eigenvalue weighted by Gasteiger charge is 2.17. The van der Waals surface area contributed by atoms with Crippen LogP contribution in [-0.4, -0.2) is 19.7 Å². The van der Waals surface area contributed by atoms with Crippen LogP contribution in [0.4, 0.5) is 14.5 Å². The lowest BCUT2D eigenvalue weighted by Gasteiger charge is -2.09. The van der Waals surface area contributed by atoms with Gasteiger partial charge in [-0.15, -0.1) is 0 Å². The second-order valence-corrected chi connectivity index (χ2v) is 2.92. The molecule has 0 aliphatic carbocycles. The summed E-state index contributed by atoms with van der Waals surface area (Å²) in [5.41, 5.74) is 5.06. The average molecular weight is 242 g/mol. The number of methoxy groups -OCH3 is 1. The Labute approximate surface area is 95.3 Å². The van der Waals surface area contributed by atoms with Crippen LogP contribution in [0.25, 0.3) is 0 Å². The predicted molar refractivity (Wildman–Crippen MR) is 53.5 cm³/mol. The normalized spacial score (nSPS) is 9.82. The van der Waals surface area contributed by atoms with E-state index in [9.17, 15) is 13.6 Å². The number of nitrogen functional groups attached to an aromatic ring is 1.